The van der Waals surface area contributed by atoms with Gasteiger partial charge < -0.3 is 0 Å². The maximum atomic E-state index is 5.64. The number of nitrogens with one attached hydrogen (secondary N) is 1. The van der Waals surface area contributed by atoms with Crippen molar-refractivity contribution >= 4 is 0 Å². The van der Waals surface area contributed by atoms with Gasteiger partial charge >= 0.3 is 0 Å². The van der Waals surface area contributed by atoms with Crippen molar-refractivity contribution in [2.24, 2.45) is 11.8 Å². The summed E-state index contributed by atoms with van der Waals surface area (Å²) >= 11 is 0. The highest BCUT2D eigenvalue weighted by molar-refractivity contribution is 5.14. The Hall–Kier alpha value is -0.860. The lowest BCUT2D eigenvalue weighted by Crippen LogP contribution is -2.37. The van der Waals surface area contributed by atoms with Crippen LogP contribution in [0.3, 0.4) is 0 Å². The fourth-order valence-corrected chi connectivity index (χ4v) is 2.28. The van der Waals surface area contributed by atoms with Crippen LogP contribution in [0.4, 0.5) is 0 Å². The molecule has 1 rings (SSSR count). The first-order chi connectivity index (χ1) is 8.30. The second kappa shape index (κ2) is 8.26. The van der Waals surface area contributed by atoms with E-state index in [9.17, 15) is 0 Å². The summed E-state index contributed by atoms with van der Waals surface area (Å²) in [4.78, 5) is 0. The van der Waals surface area contributed by atoms with Crippen molar-refractivity contribution in [1.29, 1.82) is 0 Å². The first-order valence-corrected chi connectivity index (χ1v) is 6.80. The standard InChI is InChI=1S/C15H26N2/c1-3-13(4-2)12-15(17-16)11-10-14-8-6-5-7-9-14/h5-9,13,15,17H,3-4,10-12,16H2,1-2H3. The summed E-state index contributed by atoms with van der Waals surface area (Å²) in [5.74, 6) is 6.44. The zero-order valence-electron chi connectivity index (χ0n) is 11.2. The Balaban J connectivity index is 2.37. The van der Waals surface area contributed by atoms with E-state index in [1.54, 1.807) is 0 Å². The summed E-state index contributed by atoms with van der Waals surface area (Å²) in [6.07, 6.45) is 5.92. The minimum Gasteiger partial charge on any atom is -0.271 e. The summed E-state index contributed by atoms with van der Waals surface area (Å²) in [6.45, 7) is 4.53. The van der Waals surface area contributed by atoms with E-state index in [-0.39, 0.29) is 0 Å². The number of hydrogen-bond donors (Lipinski definition) is 2. The van der Waals surface area contributed by atoms with Crippen molar-refractivity contribution in [2.45, 2.75) is 52.0 Å². The molecule has 0 aliphatic heterocycles. The van der Waals surface area contributed by atoms with Crippen molar-refractivity contribution in [3.63, 3.8) is 0 Å². The molecular weight excluding hydrogens is 208 g/mol. The van der Waals surface area contributed by atoms with Crippen LogP contribution in [0.2, 0.25) is 0 Å². The number of aryl methyl sites for hydroxylation is 1. The lowest BCUT2D eigenvalue weighted by Gasteiger charge is -2.21. The third-order valence-electron chi connectivity index (χ3n) is 3.63. The van der Waals surface area contributed by atoms with Gasteiger partial charge in [0.05, 0.1) is 0 Å². The SMILES string of the molecule is CCC(CC)CC(CCc1ccccc1)NN. The van der Waals surface area contributed by atoms with Crippen molar-refractivity contribution in [3.8, 4) is 0 Å². The average Bonchev–Trinajstić information content (AvgIpc) is 2.40. The Kier molecular flexibility index (Phi) is 6.90. The maximum absolute atomic E-state index is 5.64. The van der Waals surface area contributed by atoms with Gasteiger partial charge in [-0.05, 0) is 30.7 Å². The Labute approximate surface area is 106 Å². The molecule has 0 aliphatic carbocycles. The first kappa shape index (κ1) is 14.2. The van der Waals surface area contributed by atoms with Crippen LogP contribution >= 0.6 is 0 Å². The average molecular weight is 234 g/mol. The molecule has 0 heterocycles. The third-order valence-corrected chi connectivity index (χ3v) is 3.63. The molecule has 17 heavy (non-hydrogen) atoms. The van der Waals surface area contributed by atoms with Crippen LogP contribution in [0.15, 0.2) is 30.3 Å². The van der Waals surface area contributed by atoms with Crippen LogP contribution in [0.1, 0.15) is 45.1 Å². The minimum absolute atomic E-state index is 0.445. The normalized spacial score (nSPS) is 12.9. The van der Waals surface area contributed by atoms with Gasteiger partial charge in [-0.15, -0.1) is 0 Å². The molecule has 0 amide bonds. The minimum atomic E-state index is 0.445. The van der Waals surface area contributed by atoms with Gasteiger partial charge in [-0.3, -0.25) is 11.3 Å². The van der Waals surface area contributed by atoms with Crippen LogP contribution in [-0.4, -0.2) is 6.04 Å². The highest BCUT2D eigenvalue weighted by Crippen LogP contribution is 2.17. The molecule has 3 N–H and O–H groups in total. The van der Waals surface area contributed by atoms with E-state index in [0.29, 0.717) is 6.04 Å². The summed E-state index contributed by atoms with van der Waals surface area (Å²) in [5, 5.41) is 0. The van der Waals surface area contributed by atoms with Crippen molar-refractivity contribution < 1.29 is 0 Å². The molecule has 0 aliphatic rings. The smallest absolute Gasteiger partial charge is 0.0216 e. The van der Waals surface area contributed by atoms with Crippen molar-refractivity contribution in [1.82, 2.24) is 5.43 Å². The highest BCUT2D eigenvalue weighted by atomic mass is 15.2. The molecule has 0 bridgehead atoms. The molecule has 1 aromatic rings. The van der Waals surface area contributed by atoms with Crippen molar-refractivity contribution in [2.75, 3.05) is 0 Å². The molecule has 1 aromatic carbocycles. The zero-order chi connectivity index (χ0) is 12.5. The van der Waals surface area contributed by atoms with E-state index in [4.69, 9.17) is 5.84 Å². The zero-order valence-corrected chi connectivity index (χ0v) is 11.2. The van der Waals surface area contributed by atoms with Gasteiger partial charge in [-0.2, -0.15) is 0 Å². The quantitative estimate of drug-likeness (QED) is 0.535. The number of hydrogen-bond acceptors (Lipinski definition) is 2. The molecule has 2 nitrogen and oxygen atoms in total. The molecule has 0 radical (unpaired) electrons. The van der Waals surface area contributed by atoms with E-state index in [1.807, 2.05) is 0 Å². The predicted octanol–water partition coefficient (Wildman–Crippen LogP) is 3.28. The van der Waals surface area contributed by atoms with Gasteiger partial charge in [0, 0.05) is 6.04 Å². The molecule has 0 saturated carbocycles. The van der Waals surface area contributed by atoms with Crippen LogP contribution in [0.25, 0.3) is 0 Å². The Morgan fingerprint density at radius 1 is 1.12 bits per heavy atom. The van der Waals surface area contributed by atoms with Gasteiger partial charge in [-0.25, -0.2) is 0 Å². The Bertz CT molecular complexity index is 280. The molecule has 1 atom stereocenters. The van der Waals surface area contributed by atoms with E-state index in [2.05, 4.69) is 49.6 Å². The molecule has 1 unspecified atom stereocenters. The van der Waals surface area contributed by atoms with Gasteiger partial charge in [0.25, 0.3) is 0 Å². The molecule has 0 aromatic heterocycles. The first-order valence-electron chi connectivity index (χ1n) is 6.80. The van der Waals surface area contributed by atoms with Crippen LogP contribution < -0.4 is 11.3 Å². The number of nitrogens with two attached hydrogens (primary N) is 1. The third kappa shape index (κ3) is 5.33. The summed E-state index contributed by atoms with van der Waals surface area (Å²) < 4.78 is 0. The summed E-state index contributed by atoms with van der Waals surface area (Å²) in [7, 11) is 0. The van der Waals surface area contributed by atoms with Gasteiger partial charge in [-0.1, -0.05) is 57.0 Å². The lowest BCUT2D eigenvalue weighted by atomic mass is 9.92. The van der Waals surface area contributed by atoms with E-state index in [1.165, 1.54) is 24.8 Å². The summed E-state index contributed by atoms with van der Waals surface area (Å²) in [6, 6.07) is 11.1. The number of benzene rings is 1. The fraction of sp³-hybridized carbons (Fsp3) is 0.600. The molecule has 2 heteroatoms. The second-order valence-corrected chi connectivity index (χ2v) is 4.81. The van der Waals surface area contributed by atoms with Gasteiger partial charge in [0.2, 0.25) is 0 Å². The van der Waals surface area contributed by atoms with Crippen molar-refractivity contribution in [3.05, 3.63) is 35.9 Å². The van der Waals surface area contributed by atoms with Crippen LogP contribution in [0.5, 0.6) is 0 Å². The fourth-order valence-electron chi connectivity index (χ4n) is 2.28. The lowest BCUT2D eigenvalue weighted by molar-refractivity contribution is 0.355. The van der Waals surface area contributed by atoms with Gasteiger partial charge in [0.15, 0.2) is 0 Å². The Morgan fingerprint density at radius 3 is 2.29 bits per heavy atom. The molecule has 0 spiro atoms. The van der Waals surface area contributed by atoms with E-state index in [0.717, 1.165) is 18.8 Å². The monoisotopic (exact) mass is 234 g/mol. The molecule has 0 saturated heterocycles. The predicted molar refractivity (Wildman–Crippen MR) is 74.6 cm³/mol. The molecule has 0 fully saturated rings. The topological polar surface area (TPSA) is 38.0 Å². The number of rotatable bonds is 8. The van der Waals surface area contributed by atoms with Gasteiger partial charge in [0.1, 0.15) is 0 Å². The largest absolute Gasteiger partial charge is 0.271 e. The Morgan fingerprint density at radius 2 is 1.76 bits per heavy atom. The number of hydrazine groups is 1. The van der Waals surface area contributed by atoms with Crippen LogP contribution in [-0.2, 0) is 6.42 Å². The second-order valence-electron chi connectivity index (χ2n) is 4.81. The summed E-state index contributed by atoms with van der Waals surface area (Å²) in [5.41, 5.74) is 4.37. The maximum Gasteiger partial charge on any atom is 0.0216 e. The van der Waals surface area contributed by atoms with E-state index >= 15 is 0 Å². The molecule has 96 valence electrons. The van der Waals surface area contributed by atoms with Crippen LogP contribution in [0, 0.1) is 5.92 Å². The highest BCUT2D eigenvalue weighted by Gasteiger charge is 2.12. The molecular formula is C15H26N2. The van der Waals surface area contributed by atoms with E-state index < -0.39 is 0 Å².